The average molecular weight is 381 g/mol. The Morgan fingerprint density at radius 3 is 2.29 bits per heavy atom. The van der Waals surface area contributed by atoms with E-state index in [9.17, 15) is 0 Å². The molecule has 0 radical (unpaired) electrons. The van der Waals surface area contributed by atoms with Crippen LogP contribution in [0.1, 0.15) is 82.7 Å². The summed E-state index contributed by atoms with van der Waals surface area (Å²) in [5.41, 5.74) is 9.36. The lowest BCUT2D eigenvalue weighted by Crippen LogP contribution is -2.41. The normalized spacial score (nSPS) is 18.2. The van der Waals surface area contributed by atoms with Gasteiger partial charge < -0.3 is 10.5 Å². The number of aromatic nitrogens is 2. The lowest BCUT2D eigenvalue weighted by molar-refractivity contribution is 0.171. The van der Waals surface area contributed by atoms with Crippen LogP contribution in [0.15, 0.2) is 29.3 Å². The molecule has 0 amide bonds. The maximum atomic E-state index is 6.13. The maximum absolute atomic E-state index is 6.13. The van der Waals surface area contributed by atoms with Gasteiger partial charge in [-0.25, -0.2) is 9.98 Å². The van der Waals surface area contributed by atoms with Gasteiger partial charge in [-0.2, -0.15) is 4.98 Å². The summed E-state index contributed by atoms with van der Waals surface area (Å²) < 4.78 is 6.13. The number of aliphatic imine (C=N–C) groups is 1. The predicted octanol–water partition coefficient (Wildman–Crippen LogP) is 5.73. The van der Waals surface area contributed by atoms with Gasteiger partial charge in [0, 0.05) is 5.56 Å². The summed E-state index contributed by atoms with van der Waals surface area (Å²) in [5.74, 6) is 2.11. The third kappa shape index (κ3) is 4.03. The molecule has 150 valence electrons. The highest BCUT2D eigenvalue weighted by atomic mass is 16.5. The lowest BCUT2D eigenvalue weighted by Gasteiger charge is -2.32. The van der Waals surface area contributed by atoms with Crippen LogP contribution < -0.4 is 10.5 Å². The fourth-order valence-corrected chi connectivity index (χ4v) is 4.04. The Labute approximate surface area is 168 Å². The van der Waals surface area contributed by atoms with E-state index >= 15 is 0 Å². The van der Waals surface area contributed by atoms with Gasteiger partial charge in [0.25, 0.3) is 0 Å². The number of nitrogens with two attached hydrogens (primary N) is 1. The first-order chi connectivity index (χ1) is 13.4. The highest BCUT2D eigenvalue weighted by molar-refractivity contribution is 6.09. The van der Waals surface area contributed by atoms with Crippen molar-refractivity contribution in [3.63, 3.8) is 0 Å². The molecule has 2 aromatic rings. The number of benzene rings is 1. The highest BCUT2D eigenvalue weighted by Gasteiger charge is 2.35. The molecular weight excluding hydrogens is 348 g/mol. The van der Waals surface area contributed by atoms with E-state index in [1.54, 1.807) is 6.92 Å². The number of ether oxygens (including phenoxy) is 1. The van der Waals surface area contributed by atoms with Crippen LogP contribution >= 0.6 is 0 Å². The van der Waals surface area contributed by atoms with Gasteiger partial charge in [0.1, 0.15) is 11.4 Å². The molecule has 5 heteroatoms. The van der Waals surface area contributed by atoms with Gasteiger partial charge in [-0.05, 0) is 45.1 Å². The zero-order valence-electron chi connectivity index (χ0n) is 17.7. The van der Waals surface area contributed by atoms with Gasteiger partial charge in [-0.15, -0.1) is 0 Å². The van der Waals surface area contributed by atoms with E-state index in [0.29, 0.717) is 29.1 Å². The average Bonchev–Trinajstić information content (AvgIpc) is 2.69. The number of aryl methyl sites for hydroxylation is 1. The van der Waals surface area contributed by atoms with Crippen molar-refractivity contribution in [1.82, 2.24) is 9.97 Å². The van der Waals surface area contributed by atoms with E-state index in [2.05, 4.69) is 34.2 Å². The standard InChI is InChI=1S/C21H26N4O.C2H6/c1-13-23-19(22)17-20(24-13)26-21(2,3)18(25-17)16-11-9-15(10-12-16)14-7-5-4-6-8-14;1-2/h9-12,14H,4-8H2,1-3H3,(H2,22,23,24);1-2H3. The van der Waals surface area contributed by atoms with Crippen molar-refractivity contribution < 1.29 is 4.74 Å². The molecule has 1 aromatic heterocycles. The summed E-state index contributed by atoms with van der Waals surface area (Å²) in [7, 11) is 0. The second-order valence-corrected chi connectivity index (χ2v) is 7.84. The molecule has 0 bridgehead atoms. The Balaban J connectivity index is 0.00000109. The molecule has 28 heavy (non-hydrogen) atoms. The van der Waals surface area contributed by atoms with Crippen molar-refractivity contribution in [3.05, 3.63) is 41.2 Å². The minimum absolute atomic E-state index is 0.360. The Bertz CT molecular complexity index is 850. The number of hydrogen-bond donors (Lipinski definition) is 1. The molecular formula is C23H32N4O. The molecule has 5 nitrogen and oxygen atoms in total. The maximum Gasteiger partial charge on any atom is 0.246 e. The van der Waals surface area contributed by atoms with E-state index in [0.717, 1.165) is 11.3 Å². The molecule has 0 saturated heterocycles. The summed E-state index contributed by atoms with van der Waals surface area (Å²) in [5, 5.41) is 0. The molecule has 2 N–H and O–H groups in total. The first kappa shape index (κ1) is 20.3. The second kappa shape index (κ2) is 8.29. The summed E-state index contributed by atoms with van der Waals surface area (Å²) in [4.78, 5) is 13.4. The molecule has 2 heterocycles. The summed E-state index contributed by atoms with van der Waals surface area (Å²) in [6.45, 7) is 9.82. The summed E-state index contributed by atoms with van der Waals surface area (Å²) in [6.07, 6.45) is 6.66. The molecule has 1 aliphatic heterocycles. The SMILES string of the molecule is CC.Cc1nc(N)c2c(n1)OC(C)(C)C(c1ccc(C3CCCCC3)cc1)=N2. The quantitative estimate of drug-likeness (QED) is 0.721. The Hall–Kier alpha value is -2.43. The van der Waals surface area contributed by atoms with E-state index in [1.165, 1.54) is 37.7 Å². The van der Waals surface area contributed by atoms with Crippen LogP contribution in [-0.2, 0) is 0 Å². The van der Waals surface area contributed by atoms with E-state index in [-0.39, 0.29) is 0 Å². The van der Waals surface area contributed by atoms with Gasteiger partial charge in [0.15, 0.2) is 11.5 Å². The predicted molar refractivity (Wildman–Crippen MR) is 116 cm³/mol. The monoisotopic (exact) mass is 380 g/mol. The van der Waals surface area contributed by atoms with E-state index in [4.69, 9.17) is 15.5 Å². The largest absolute Gasteiger partial charge is 0.463 e. The van der Waals surface area contributed by atoms with Crippen molar-refractivity contribution in [3.8, 4) is 5.88 Å². The molecule has 0 unspecified atom stereocenters. The highest BCUT2D eigenvalue weighted by Crippen LogP contribution is 2.40. The van der Waals surface area contributed by atoms with Crippen LogP contribution in [0.2, 0.25) is 0 Å². The van der Waals surface area contributed by atoms with E-state index in [1.807, 2.05) is 27.7 Å². The molecule has 4 rings (SSSR count). The van der Waals surface area contributed by atoms with Crippen molar-refractivity contribution in [2.24, 2.45) is 4.99 Å². The first-order valence-corrected chi connectivity index (χ1v) is 10.5. The lowest BCUT2D eigenvalue weighted by atomic mass is 9.83. The Morgan fingerprint density at radius 2 is 1.64 bits per heavy atom. The van der Waals surface area contributed by atoms with Crippen LogP contribution in [0.4, 0.5) is 11.5 Å². The molecule has 0 atom stereocenters. The zero-order valence-corrected chi connectivity index (χ0v) is 17.7. The van der Waals surface area contributed by atoms with Crippen LogP contribution in [0.25, 0.3) is 0 Å². The number of anilines is 1. The minimum Gasteiger partial charge on any atom is -0.463 e. The molecule has 1 aliphatic carbocycles. The molecule has 2 aliphatic rings. The fraction of sp³-hybridized carbons (Fsp3) is 0.522. The first-order valence-electron chi connectivity index (χ1n) is 10.5. The smallest absolute Gasteiger partial charge is 0.246 e. The molecule has 1 fully saturated rings. The minimum atomic E-state index is -0.577. The third-order valence-electron chi connectivity index (χ3n) is 5.40. The number of rotatable bonds is 2. The van der Waals surface area contributed by atoms with Gasteiger partial charge in [0.2, 0.25) is 5.88 Å². The van der Waals surface area contributed by atoms with Gasteiger partial charge in [-0.3, -0.25) is 0 Å². The van der Waals surface area contributed by atoms with Gasteiger partial charge in [-0.1, -0.05) is 57.4 Å². The van der Waals surface area contributed by atoms with Crippen molar-refractivity contribution >= 4 is 17.2 Å². The van der Waals surface area contributed by atoms with Crippen LogP contribution in [0.3, 0.4) is 0 Å². The Kier molecular flexibility index (Phi) is 6.01. The van der Waals surface area contributed by atoms with Crippen molar-refractivity contribution in [2.75, 3.05) is 5.73 Å². The van der Waals surface area contributed by atoms with Crippen molar-refractivity contribution in [1.29, 1.82) is 0 Å². The summed E-state index contributed by atoms with van der Waals surface area (Å²) in [6, 6.07) is 8.80. The molecule has 0 spiro atoms. The number of nitrogens with zero attached hydrogens (tertiary/aromatic N) is 3. The molecule has 1 aromatic carbocycles. The van der Waals surface area contributed by atoms with Gasteiger partial charge in [0.05, 0.1) is 5.71 Å². The second-order valence-electron chi connectivity index (χ2n) is 7.84. The third-order valence-corrected chi connectivity index (χ3v) is 5.40. The van der Waals surface area contributed by atoms with Gasteiger partial charge >= 0.3 is 0 Å². The topological polar surface area (TPSA) is 73.4 Å². The fourth-order valence-electron chi connectivity index (χ4n) is 4.04. The Morgan fingerprint density at radius 1 is 1.00 bits per heavy atom. The van der Waals surface area contributed by atoms with Crippen molar-refractivity contribution in [2.45, 2.75) is 78.2 Å². The van der Waals surface area contributed by atoms with E-state index < -0.39 is 5.60 Å². The number of nitrogen functional groups attached to an aromatic ring is 1. The molecule has 1 saturated carbocycles. The zero-order chi connectivity index (χ0) is 20.3. The number of fused-ring (bicyclic) bond motifs is 1. The van der Waals surface area contributed by atoms with Crippen LogP contribution in [-0.4, -0.2) is 21.3 Å². The van der Waals surface area contributed by atoms with Crippen LogP contribution in [0, 0.1) is 6.92 Å². The number of hydrogen-bond acceptors (Lipinski definition) is 5. The summed E-state index contributed by atoms with van der Waals surface area (Å²) >= 11 is 0. The van der Waals surface area contributed by atoms with Crippen LogP contribution in [0.5, 0.6) is 5.88 Å².